The van der Waals surface area contributed by atoms with Gasteiger partial charge in [0.25, 0.3) is 0 Å². The summed E-state index contributed by atoms with van der Waals surface area (Å²) in [7, 11) is 1.51. The Balaban J connectivity index is 1.99. The molecule has 19 heavy (non-hydrogen) atoms. The molecule has 104 valence electrons. The van der Waals surface area contributed by atoms with Crippen LogP contribution in [0.25, 0.3) is 0 Å². The molecule has 0 aromatic carbocycles. The molecule has 1 fully saturated rings. The zero-order chi connectivity index (χ0) is 13.6. The summed E-state index contributed by atoms with van der Waals surface area (Å²) in [6, 6.07) is 0. The largest absolute Gasteiger partial charge is 0.469 e. The molecule has 2 aliphatic carbocycles. The van der Waals surface area contributed by atoms with Gasteiger partial charge in [0, 0.05) is 6.42 Å². The van der Waals surface area contributed by atoms with Crippen LogP contribution in [-0.4, -0.2) is 13.1 Å². The second-order valence-electron chi connectivity index (χ2n) is 6.41. The fourth-order valence-corrected chi connectivity index (χ4v) is 4.18. The van der Waals surface area contributed by atoms with Gasteiger partial charge in [-0.25, -0.2) is 0 Å². The molecule has 2 aliphatic rings. The molecule has 0 N–H and O–H groups in total. The SMILES string of the molecule is COC(=O)C1CCCC2Cc3occ(C)c3CC21C. The Hall–Kier alpha value is -1.25. The van der Waals surface area contributed by atoms with Crippen LogP contribution in [0.5, 0.6) is 0 Å². The molecule has 3 nitrogen and oxygen atoms in total. The van der Waals surface area contributed by atoms with Gasteiger partial charge in [-0.05, 0) is 48.6 Å². The summed E-state index contributed by atoms with van der Waals surface area (Å²) in [5.41, 5.74) is 2.59. The van der Waals surface area contributed by atoms with Crippen molar-refractivity contribution < 1.29 is 13.9 Å². The maximum atomic E-state index is 12.1. The van der Waals surface area contributed by atoms with Crippen molar-refractivity contribution in [3.8, 4) is 0 Å². The zero-order valence-electron chi connectivity index (χ0n) is 12.0. The van der Waals surface area contributed by atoms with E-state index in [1.807, 2.05) is 6.26 Å². The summed E-state index contributed by atoms with van der Waals surface area (Å²) in [6.45, 7) is 4.37. The van der Waals surface area contributed by atoms with Crippen LogP contribution < -0.4 is 0 Å². The highest BCUT2D eigenvalue weighted by molar-refractivity contribution is 5.73. The van der Waals surface area contributed by atoms with Gasteiger partial charge in [0.15, 0.2) is 0 Å². The fourth-order valence-electron chi connectivity index (χ4n) is 4.18. The van der Waals surface area contributed by atoms with Gasteiger partial charge in [-0.3, -0.25) is 4.79 Å². The van der Waals surface area contributed by atoms with Gasteiger partial charge in [0.1, 0.15) is 5.76 Å². The second-order valence-corrected chi connectivity index (χ2v) is 6.41. The predicted molar refractivity (Wildman–Crippen MR) is 71.8 cm³/mol. The second kappa shape index (κ2) is 4.39. The number of hydrogen-bond acceptors (Lipinski definition) is 3. The molecular weight excluding hydrogens is 240 g/mol. The van der Waals surface area contributed by atoms with Crippen molar-refractivity contribution in [2.75, 3.05) is 7.11 Å². The molecule has 0 amide bonds. The van der Waals surface area contributed by atoms with Gasteiger partial charge in [-0.2, -0.15) is 0 Å². The summed E-state index contributed by atoms with van der Waals surface area (Å²) < 4.78 is 10.7. The Labute approximate surface area is 114 Å². The molecule has 0 spiro atoms. The number of carbonyl (C=O) groups is 1. The Morgan fingerprint density at radius 1 is 1.47 bits per heavy atom. The van der Waals surface area contributed by atoms with Crippen LogP contribution in [0.2, 0.25) is 0 Å². The summed E-state index contributed by atoms with van der Waals surface area (Å²) in [5, 5.41) is 0. The molecule has 0 aliphatic heterocycles. The minimum absolute atomic E-state index is 0.0307. The molecule has 0 bridgehead atoms. The smallest absolute Gasteiger partial charge is 0.309 e. The van der Waals surface area contributed by atoms with Gasteiger partial charge in [0.05, 0.1) is 19.3 Å². The molecule has 3 atom stereocenters. The third-order valence-corrected chi connectivity index (χ3v) is 5.44. The van der Waals surface area contributed by atoms with Gasteiger partial charge in [-0.15, -0.1) is 0 Å². The molecule has 3 heteroatoms. The van der Waals surface area contributed by atoms with Crippen molar-refractivity contribution in [1.29, 1.82) is 0 Å². The van der Waals surface area contributed by atoms with Crippen molar-refractivity contribution in [3.63, 3.8) is 0 Å². The maximum absolute atomic E-state index is 12.1. The lowest BCUT2D eigenvalue weighted by Gasteiger charge is -2.48. The highest BCUT2D eigenvalue weighted by Gasteiger charge is 2.50. The lowest BCUT2D eigenvalue weighted by molar-refractivity contribution is -0.155. The maximum Gasteiger partial charge on any atom is 0.309 e. The lowest BCUT2D eigenvalue weighted by atomic mass is 9.55. The highest BCUT2D eigenvalue weighted by Crippen LogP contribution is 2.53. The van der Waals surface area contributed by atoms with E-state index < -0.39 is 0 Å². The third kappa shape index (κ3) is 1.82. The Kier molecular flexibility index (Phi) is 2.95. The molecular formula is C16H22O3. The van der Waals surface area contributed by atoms with Gasteiger partial charge in [-0.1, -0.05) is 13.3 Å². The van der Waals surface area contributed by atoms with Crippen molar-refractivity contribution in [1.82, 2.24) is 0 Å². The van der Waals surface area contributed by atoms with E-state index in [9.17, 15) is 4.79 Å². The monoisotopic (exact) mass is 262 g/mol. The van der Waals surface area contributed by atoms with Crippen LogP contribution in [-0.2, 0) is 22.4 Å². The Morgan fingerprint density at radius 2 is 2.26 bits per heavy atom. The van der Waals surface area contributed by atoms with Gasteiger partial charge >= 0.3 is 5.97 Å². The number of carbonyl (C=O) groups excluding carboxylic acids is 1. The average Bonchev–Trinajstić information content (AvgIpc) is 2.75. The molecule has 1 heterocycles. The van der Waals surface area contributed by atoms with Crippen LogP contribution >= 0.6 is 0 Å². The third-order valence-electron chi connectivity index (χ3n) is 5.44. The fraction of sp³-hybridized carbons (Fsp3) is 0.688. The van der Waals surface area contributed by atoms with E-state index in [1.165, 1.54) is 24.7 Å². The van der Waals surface area contributed by atoms with E-state index in [-0.39, 0.29) is 17.3 Å². The van der Waals surface area contributed by atoms with Crippen molar-refractivity contribution >= 4 is 5.97 Å². The number of esters is 1. The van der Waals surface area contributed by atoms with Gasteiger partial charge < -0.3 is 9.15 Å². The van der Waals surface area contributed by atoms with Crippen molar-refractivity contribution in [2.45, 2.75) is 46.0 Å². The van der Waals surface area contributed by atoms with E-state index in [2.05, 4.69) is 13.8 Å². The van der Waals surface area contributed by atoms with Crippen LogP contribution in [0, 0.1) is 24.2 Å². The van der Waals surface area contributed by atoms with Crippen LogP contribution in [0.1, 0.15) is 43.1 Å². The first-order valence-corrected chi connectivity index (χ1v) is 7.20. The number of rotatable bonds is 1. The van der Waals surface area contributed by atoms with Gasteiger partial charge in [0.2, 0.25) is 0 Å². The summed E-state index contributed by atoms with van der Waals surface area (Å²) >= 11 is 0. The first-order chi connectivity index (χ1) is 9.06. The van der Waals surface area contributed by atoms with Crippen molar-refractivity contribution in [2.24, 2.45) is 17.3 Å². The zero-order valence-corrected chi connectivity index (χ0v) is 12.0. The number of aryl methyl sites for hydroxylation is 1. The van der Waals surface area contributed by atoms with Crippen LogP contribution in [0.3, 0.4) is 0 Å². The minimum atomic E-state index is -0.0307. The van der Waals surface area contributed by atoms with Crippen molar-refractivity contribution in [3.05, 3.63) is 23.2 Å². The first kappa shape index (κ1) is 12.8. The van der Waals surface area contributed by atoms with E-state index in [0.717, 1.165) is 31.4 Å². The predicted octanol–water partition coefficient (Wildman–Crippen LogP) is 3.28. The summed E-state index contributed by atoms with van der Waals surface area (Å²) in [5.74, 6) is 1.70. The first-order valence-electron chi connectivity index (χ1n) is 7.20. The quantitative estimate of drug-likeness (QED) is 0.729. The number of furan rings is 1. The minimum Gasteiger partial charge on any atom is -0.469 e. The molecule has 1 saturated carbocycles. The normalized spacial score (nSPS) is 33.4. The molecule has 3 unspecified atom stereocenters. The Bertz CT molecular complexity index is 502. The summed E-state index contributed by atoms with van der Waals surface area (Å²) in [6.07, 6.45) is 7.07. The van der Waals surface area contributed by atoms with E-state index in [0.29, 0.717) is 5.92 Å². The average molecular weight is 262 g/mol. The van der Waals surface area contributed by atoms with Crippen LogP contribution in [0.4, 0.5) is 0 Å². The number of methoxy groups -OCH3 is 1. The topological polar surface area (TPSA) is 39.4 Å². The number of ether oxygens (including phenoxy) is 1. The lowest BCUT2D eigenvalue weighted by Crippen LogP contribution is -2.47. The van der Waals surface area contributed by atoms with E-state index >= 15 is 0 Å². The standard InChI is InChI=1S/C16H22O3/c1-10-9-19-14-7-11-5-4-6-13(15(17)18-3)16(11,2)8-12(10)14/h9,11,13H,4-8H2,1-3H3. The number of hydrogen-bond donors (Lipinski definition) is 0. The van der Waals surface area contributed by atoms with E-state index in [1.54, 1.807) is 0 Å². The molecule has 0 saturated heterocycles. The van der Waals surface area contributed by atoms with E-state index in [4.69, 9.17) is 9.15 Å². The van der Waals surface area contributed by atoms with Crippen LogP contribution in [0.15, 0.2) is 10.7 Å². The summed E-state index contributed by atoms with van der Waals surface area (Å²) in [4.78, 5) is 12.1. The number of fused-ring (bicyclic) bond motifs is 2. The molecule has 1 aromatic rings. The molecule has 1 aromatic heterocycles. The highest BCUT2D eigenvalue weighted by atomic mass is 16.5. The molecule has 0 radical (unpaired) electrons. The Morgan fingerprint density at radius 3 is 3.00 bits per heavy atom. The molecule has 3 rings (SSSR count).